The van der Waals surface area contributed by atoms with Gasteiger partial charge in [0.25, 0.3) is 0 Å². The Bertz CT molecular complexity index is 403. The Labute approximate surface area is 109 Å². The molecule has 0 saturated carbocycles. The van der Waals surface area contributed by atoms with Crippen molar-refractivity contribution in [1.29, 1.82) is 0 Å². The monoisotopic (exact) mass is 246 g/mol. The molecule has 0 radical (unpaired) electrons. The zero-order valence-electron chi connectivity index (χ0n) is 11.1. The lowest BCUT2D eigenvalue weighted by Crippen LogP contribution is -2.48. The highest BCUT2D eigenvalue weighted by atomic mass is 16.5. The average Bonchev–Trinajstić information content (AvgIpc) is 2.50. The van der Waals surface area contributed by atoms with Crippen molar-refractivity contribution < 1.29 is 4.74 Å². The van der Waals surface area contributed by atoms with Gasteiger partial charge in [0.1, 0.15) is 5.75 Å². The summed E-state index contributed by atoms with van der Waals surface area (Å²) in [5, 5.41) is 3.37. The molecule has 2 aliphatic heterocycles. The van der Waals surface area contributed by atoms with Gasteiger partial charge in [0, 0.05) is 13.1 Å². The van der Waals surface area contributed by atoms with Gasteiger partial charge in [0.15, 0.2) is 0 Å². The SMILES string of the molecule is CC(CN1CCCOc2ccccc21)C1CNC1. The summed E-state index contributed by atoms with van der Waals surface area (Å²) < 4.78 is 5.81. The van der Waals surface area contributed by atoms with Crippen LogP contribution in [0.15, 0.2) is 24.3 Å². The van der Waals surface area contributed by atoms with Crippen molar-refractivity contribution in [3.05, 3.63) is 24.3 Å². The van der Waals surface area contributed by atoms with Crippen LogP contribution in [0.5, 0.6) is 5.75 Å². The number of rotatable bonds is 3. The molecule has 3 heteroatoms. The number of para-hydroxylation sites is 2. The van der Waals surface area contributed by atoms with Gasteiger partial charge in [-0.25, -0.2) is 0 Å². The van der Waals surface area contributed by atoms with E-state index in [0.29, 0.717) is 0 Å². The van der Waals surface area contributed by atoms with E-state index in [-0.39, 0.29) is 0 Å². The molecule has 1 N–H and O–H groups in total. The number of ether oxygens (including phenoxy) is 1. The predicted molar refractivity (Wildman–Crippen MR) is 74.3 cm³/mol. The highest BCUT2D eigenvalue weighted by molar-refractivity contribution is 5.58. The summed E-state index contributed by atoms with van der Waals surface area (Å²) in [5.41, 5.74) is 1.27. The van der Waals surface area contributed by atoms with Crippen LogP contribution in [0.1, 0.15) is 13.3 Å². The van der Waals surface area contributed by atoms with Crippen LogP contribution in [0, 0.1) is 11.8 Å². The summed E-state index contributed by atoms with van der Waals surface area (Å²) in [6.07, 6.45) is 1.12. The minimum Gasteiger partial charge on any atom is -0.491 e. The standard InChI is InChI=1S/C15H22N2O/c1-12(13-9-16-10-13)11-17-7-4-8-18-15-6-3-2-5-14(15)17/h2-3,5-6,12-13,16H,4,7-11H2,1H3. The largest absolute Gasteiger partial charge is 0.491 e. The van der Waals surface area contributed by atoms with E-state index in [4.69, 9.17) is 4.74 Å². The molecule has 3 rings (SSSR count). The lowest BCUT2D eigenvalue weighted by atomic mass is 9.88. The lowest BCUT2D eigenvalue weighted by Gasteiger charge is -2.36. The molecular formula is C15H22N2O. The molecule has 1 aromatic carbocycles. The summed E-state index contributed by atoms with van der Waals surface area (Å²) in [7, 11) is 0. The van der Waals surface area contributed by atoms with E-state index < -0.39 is 0 Å². The molecule has 2 heterocycles. The molecule has 2 aliphatic rings. The molecule has 0 aliphatic carbocycles. The van der Waals surface area contributed by atoms with Crippen LogP contribution >= 0.6 is 0 Å². The van der Waals surface area contributed by atoms with Crippen molar-refractivity contribution in [2.45, 2.75) is 13.3 Å². The second-order valence-corrected chi connectivity index (χ2v) is 5.51. The first-order chi connectivity index (χ1) is 8.84. The minimum absolute atomic E-state index is 0.748. The fraction of sp³-hybridized carbons (Fsp3) is 0.600. The van der Waals surface area contributed by atoms with Crippen molar-refractivity contribution in [3.8, 4) is 5.75 Å². The van der Waals surface area contributed by atoms with Gasteiger partial charge in [-0.15, -0.1) is 0 Å². The lowest BCUT2D eigenvalue weighted by molar-refractivity contribution is 0.250. The number of fused-ring (bicyclic) bond motifs is 1. The first-order valence-electron chi connectivity index (χ1n) is 7.02. The molecule has 1 saturated heterocycles. The first kappa shape index (κ1) is 11.8. The highest BCUT2D eigenvalue weighted by Gasteiger charge is 2.26. The Kier molecular flexibility index (Phi) is 3.41. The summed E-state index contributed by atoms with van der Waals surface area (Å²) in [6.45, 7) is 7.85. The number of nitrogens with zero attached hydrogens (tertiary/aromatic N) is 1. The van der Waals surface area contributed by atoms with Gasteiger partial charge in [0.2, 0.25) is 0 Å². The Morgan fingerprint density at radius 1 is 1.39 bits per heavy atom. The molecular weight excluding hydrogens is 224 g/mol. The van der Waals surface area contributed by atoms with Crippen LogP contribution in [0.3, 0.4) is 0 Å². The van der Waals surface area contributed by atoms with Crippen LogP contribution in [-0.2, 0) is 0 Å². The third-order valence-corrected chi connectivity index (χ3v) is 4.16. The van der Waals surface area contributed by atoms with E-state index in [1.165, 1.54) is 18.8 Å². The second-order valence-electron chi connectivity index (χ2n) is 5.51. The molecule has 0 bridgehead atoms. The number of nitrogens with one attached hydrogen (secondary N) is 1. The Morgan fingerprint density at radius 3 is 3.00 bits per heavy atom. The van der Waals surface area contributed by atoms with E-state index in [9.17, 15) is 0 Å². The topological polar surface area (TPSA) is 24.5 Å². The molecule has 18 heavy (non-hydrogen) atoms. The van der Waals surface area contributed by atoms with Crippen LogP contribution in [0.2, 0.25) is 0 Å². The van der Waals surface area contributed by atoms with Crippen LogP contribution in [0.4, 0.5) is 5.69 Å². The van der Waals surface area contributed by atoms with Gasteiger partial charge < -0.3 is 15.0 Å². The third kappa shape index (κ3) is 2.32. The zero-order valence-corrected chi connectivity index (χ0v) is 11.1. The van der Waals surface area contributed by atoms with Gasteiger partial charge in [-0.3, -0.25) is 0 Å². The maximum absolute atomic E-state index is 5.81. The van der Waals surface area contributed by atoms with E-state index >= 15 is 0 Å². The molecule has 1 atom stereocenters. The molecule has 1 fully saturated rings. The number of hydrogen-bond acceptors (Lipinski definition) is 3. The van der Waals surface area contributed by atoms with E-state index in [1.807, 2.05) is 0 Å². The summed E-state index contributed by atoms with van der Waals surface area (Å²) in [5.74, 6) is 2.65. The molecule has 1 unspecified atom stereocenters. The Morgan fingerprint density at radius 2 is 2.22 bits per heavy atom. The molecule has 1 aromatic rings. The molecule has 0 amide bonds. The first-order valence-corrected chi connectivity index (χ1v) is 7.02. The van der Waals surface area contributed by atoms with Crippen molar-refractivity contribution in [2.24, 2.45) is 11.8 Å². The normalized spacial score (nSPS) is 21.5. The van der Waals surface area contributed by atoms with Crippen molar-refractivity contribution in [2.75, 3.05) is 37.7 Å². The molecule has 0 aromatic heterocycles. The fourth-order valence-corrected chi connectivity index (χ4v) is 2.80. The van der Waals surface area contributed by atoms with E-state index in [2.05, 4.69) is 41.4 Å². The van der Waals surface area contributed by atoms with Gasteiger partial charge in [0.05, 0.1) is 12.3 Å². The van der Waals surface area contributed by atoms with Crippen molar-refractivity contribution in [3.63, 3.8) is 0 Å². The zero-order chi connectivity index (χ0) is 12.4. The number of anilines is 1. The highest BCUT2D eigenvalue weighted by Crippen LogP contribution is 2.31. The Hall–Kier alpha value is -1.22. The van der Waals surface area contributed by atoms with E-state index in [0.717, 1.165) is 43.7 Å². The molecule has 3 nitrogen and oxygen atoms in total. The fourth-order valence-electron chi connectivity index (χ4n) is 2.80. The molecule has 98 valence electrons. The van der Waals surface area contributed by atoms with Gasteiger partial charge in [-0.05, 0) is 43.5 Å². The smallest absolute Gasteiger partial charge is 0.142 e. The Balaban J connectivity index is 1.74. The average molecular weight is 246 g/mol. The van der Waals surface area contributed by atoms with Crippen LogP contribution in [-0.4, -0.2) is 32.8 Å². The predicted octanol–water partition coefficient (Wildman–Crippen LogP) is 2.13. The maximum atomic E-state index is 5.81. The minimum atomic E-state index is 0.748. The van der Waals surface area contributed by atoms with Crippen LogP contribution in [0.25, 0.3) is 0 Å². The van der Waals surface area contributed by atoms with Gasteiger partial charge in [-0.1, -0.05) is 19.1 Å². The number of hydrogen-bond donors (Lipinski definition) is 1. The summed E-state index contributed by atoms with van der Waals surface area (Å²) >= 11 is 0. The van der Waals surface area contributed by atoms with Gasteiger partial charge in [-0.2, -0.15) is 0 Å². The quantitative estimate of drug-likeness (QED) is 0.884. The van der Waals surface area contributed by atoms with Crippen LogP contribution < -0.4 is 15.0 Å². The second kappa shape index (κ2) is 5.19. The summed E-state index contributed by atoms with van der Waals surface area (Å²) in [6, 6.07) is 8.44. The molecule has 0 spiro atoms. The third-order valence-electron chi connectivity index (χ3n) is 4.16. The maximum Gasteiger partial charge on any atom is 0.142 e. The van der Waals surface area contributed by atoms with Crippen molar-refractivity contribution in [1.82, 2.24) is 5.32 Å². The number of benzene rings is 1. The van der Waals surface area contributed by atoms with Crippen molar-refractivity contribution >= 4 is 5.69 Å². The van der Waals surface area contributed by atoms with E-state index in [1.54, 1.807) is 0 Å². The van der Waals surface area contributed by atoms with Gasteiger partial charge >= 0.3 is 0 Å². The summed E-state index contributed by atoms with van der Waals surface area (Å²) in [4.78, 5) is 2.51.